The van der Waals surface area contributed by atoms with Gasteiger partial charge in [-0.05, 0) is 38.5 Å². The quantitative estimate of drug-likeness (QED) is 0.0195. The zero-order valence-corrected chi connectivity index (χ0v) is 46.5. The summed E-state index contributed by atoms with van der Waals surface area (Å²) in [5.41, 5.74) is 0. The lowest BCUT2D eigenvalue weighted by Crippen LogP contribution is -2.37. The topological polar surface area (TPSA) is 111 Å². The molecule has 0 aromatic heterocycles. The second-order valence-corrected chi connectivity index (χ2v) is 22.4. The number of phosphoric acid groups is 1. The van der Waals surface area contributed by atoms with Crippen LogP contribution in [0, 0.1) is 0 Å². The van der Waals surface area contributed by atoms with Crippen molar-refractivity contribution in [1.29, 1.82) is 0 Å². The predicted molar refractivity (Wildman–Crippen MR) is 287 cm³/mol. The van der Waals surface area contributed by atoms with E-state index in [0.717, 1.165) is 64.2 Å². The van der Waals surface area contributed by atoms with Gasteiger partial charge in [-0.15, -0.1) is 0 Å². The van der Waals surface area contributed by atoms with Gasteiger partial charge in [0.05, 0.1) is 27.7 Å². The molecule has 0 aromatic rings. The summed E-state index contributed by atoms with van der Waals surface area (Å²) in [6.45, 7) is 4.19. The molecule has 0 N–H and O–H groups in total. The molecule has 0 aliphatic heterocycles. The monoisotopic (exact) mass is 982 g/mol. The molecule has 0 spiro atoms. The molecule has 0 amide bonds. The number of hydrogen-bond acceptors (Lipinski definition) is 8. The summed E-state index contributed by atoms with van der Waals surface area (Å²) in [5.74, 6) is -0.838. The molecule has 0 saturated carbocycles. The number of unbranched alkanes of at least 4 members (excludes halogenated alkanes) is 36. The number of carbonyl (C=O) groups is 2. The van der Waals surface area contributed by atoms with Crippen molar-refractivity contribution in [2.45, 2.75) is 290 Å². The Bertz CT molecular complexity index is 1200. The molecule has 0 fully saturated rings. The van der Waals surface area contributed by atoms with Crippen LogP contribution >= 0.6 is 7.82 Å². The molecule has 0 radical (unpaired) electrons. The fourth-order valence-electron chi connectivity index (χ4n) is 8.46. The maximum absolute atomic E-state index is 12.7. The van der Waals surface area contributed by atoms with E-state index < -0.39 is 26.5 Å². The van der Waals surface area contributed by atoms with Gasteiger partial charge in [0.25, 0.3) is 7.82 Å². The van der Waals surface area contributed by atoms with E-state index in [9.17, 15) is 19.0 Å². The van der Waals surface area contributed by atoms with Crippen LogP contribution < -0.4 is 4.89 Å². The average Bonchev–Trinajstić information content (AvgIpc) is 3.30. The Morgan fingerprint density at radius 2 is 0.824 bits per heavy atom. The van der Waals surface area contributed by atoms with Crippen molar-refractivity contribution in [2.75, 3.05) is 47.5 Å². The van der Waals surface area contributed by atoms with Crippen molar-refractivity contribution < 1.29 is 42.1 Å². The van der Waals surface area contributed by atoms with Crippen LogP contribution in [0.15, 0.2) is 24.3 Å². The minimum absolute atomic E-state index is 0.0316. The average molecular weight is 983 g/mol. The van der Waals surface area contributed by atoms with Gasteiger partial charge < -0.3 is 27.9 Å². The van der Waals surface area contributed by atoms with Crippen LogP contribution in [0.1, 0.15) is 284 Å². The fourth-order valence-corrected chi connectivity index (χ4v) is 9.19. The lowest BCUT2D eigenvalue weighted by atomic mass is 10.0. The number of ether oxygens (including phenoxy) is 2. The largest absolute Gasteiger partial charge is 0.756 e. The highest BCUT2D eigenvalue weighted by molar-refractivity contribution is 7.45. The highest BCUT2D eigenvalue weighted by atomic mass is 31.2. The molecule has 68 heavy (non-hydrogen) atoms. The second-order valence-electron chi connectivity index (χ2n) is 21.0. The number of hydrogen-bond donors (Lipinski definition) is 0. The molecular formula is C58H112NO8P. The first-order chi connectivity index (χ1) is 33.0. The zero-order valence-electron chi connectivity index (χ0n) is 45.6. The van der Waals surface area contributed by atoms with Gasteiger partial charge in [-0.1, -0.05) is 256 Å². The molecule has 0 aliphatic rings. The van der Waals surface area contributed by atoms with E-state index in [1.807, 2.05) is 21.1 Å². The van der Waals surface area contributed by atoms with Gasteiger partial charge in [-0.2, -0.15) is 0 Å². The summed E-state index contributed by atoms with van der Waals surface area (Å²) >= 11 is 0. The molecule has 0 aromatic carbocycles. The van der Waals surface area contributed by atoms with Crippen LogP contribution in [0.2, 0.25) is 0 Å². The van der Waals surface area contributed by atoms with Crippen molar-refractivity contribution in [3.63, 3.8) is 0 Å². The van der Waals surface area contributed by atoms with Crippen LogP contribution in [0.5, 0.6) is 0 Å². The van der Waals surface area contributed by atoms with Crippen LogP contribution in [-0.2, 0) is 32.7 Å². The van der Waals surface area contributed by atoms with E-state index in [1.54, 1.807) is 0 Å². The molecule has 2 atom stereocenters. The Morgan fingerprint density at radius 3 is 1.22 bits per heavy atom. The summed E-state index contributed by atoms with van der Waals surface area (Å²) in [6.07, 6.45) is 59.7. The summed E-state index contributed by atoms with van der Waals surface area (Å²) in [4.78, 5) is 37.7. The van der Waals surface area contributed by atoms with Crippen molar-refractivity contribution >= 4 is 19.8 Å². The maximum Gasteiger partial charge on any atom is 0.306 e. The molecule has 402 valence electrons. The third kappa shape index (κ3) is 53.8. The van der Waals surface area contributed by atoms with E-state index in [0.29, 0.717) is 17.4 Å². The lowest BCUT2D eigenvalue weighted by Gasteiger charge is -2.28. The fraction of sp³-hybridized carbons (Fsp3) is 0.897. The highest BCUT2D eigenvalue weighted by Crippen LogP contribution is 2.38. The molecule has 0 saturated heterocycles. The molecule has 2 unspecified atom stereocenters. The normalized spacial score (nSPS) is 13.4. The minimum Gasteiger partial charge on any atom is -0.756 e. The van der Waals surface area contributed by atoms with Gasteiger partial charge in [-0.3, -0.25) is 14.2 Å². The molecule has 0 heterocycles. The van der Waals surface area contributed by atoms with E-state index in [-0.39, 0.29) is 32.0 Å². The number of esters is 2. The first kappa shape index (κ1) is 66.5. The maximum atomic E-state index is 12.7. The first-order valence-electron chi connectivity index (χ1n) is 29.0. The standard InChI is InChI=1S/C58H112NO8P/c1-6-8-10-12-14-16-18-20-21-22-23-24-25-26-27-28-29-30-31-32-33-34-35-36-37-39-40-42-44-46-48-50-57(60)64-54-56(55-66-68(62,63)65-53-52-59(3,4)5)67-58(61)51-49-47-45-43-41-38-19-17-15-13-11-9-7-2/h11,13,17,19,56H,6-10,12,14-16,18,20-55H2,1-5H3/b13-11-,19-17-. The Kier molecular flexibility index (Phi) is 49.3. The third-order valence-corrected chi connectivity index (χ3v) is 13.9. The van der Waals surface area contributed by atoms with E-state index in [4.69, 9.17) is 18.5 Å². The number of nitrogens with zero attached hydrogens (tertiary/aromatic N) is 1. The van der Waals surface area contributed by atoms with Crippen molar-refractivity contribution in [2.24, 2.45) is 0 Å². The van der Waals surface area contributed by atoms with Crippen LogP contribution in [0.3, 0.4) is 0 Å². The van der Waals surface area contributed by atoms with Gasteiger partial charge in [-0.25, -0.2) is 0 Å². The summed E-state index contributed by atoms with van der Waals surface area (Å²) in [6, 6.07) is 0. The minimum atomic E-state index is -4.63. The zero-order chi connectivity index (χ0) is 49.9. The van der Waals surface area contributed by atoms with Gasteiger partial charge in [0.2, 0.25) is 0 Å². The number of quaternary nitrogens is 1. The van der Waals surface area contributed by atoms with Crippen molar-refractivity contribution in [1.82, 2.24) is 0 Å². The van der Waals surface area contributed by atoms with Crippen molar-refractivity contribution in [3.8, 4) is 0 Å². The van der Waals surface area contributed by atoms with E-state index in [2.05, 4.69) is 38.2 Å². The predicted octanol–water partition coefficient (Wildman–Crippen LogP) is 17.2. The molecule has 0 aliphatic carbocycles. The summed E-state index contributed by atoms with van der Waals surface area (Å²) in [5, 5.41) is 0. The summed E-state index contributed by atoms with van der Waals surface area (Å²) < 4.78 is 34.1. The van der Waals surface area contributed by atoms with Gasteiger partial charge in [0.15, 0.2) is 6.10 Å². The Labute approximate surface area is 421 Å². The number of allylic oxidation sites excluding steroid dienone is 4. The first-order valence-corrected chi connectivity index (χ1v) is 30.5. The van der Waals surface area contributed by atoms with E-state index in [1.165, 1.54) is 186 Å². The van der Waals surface area contributed by atoms with Crippen LogP contribution in [0.4, 0.5) is 0 Å². The van der Waals surface area contributed by atoms with Gasteiger partial charge >= 0.3 is 11.9 Å². The molecule has 0 bridgehead atoms. The van der Waals surface area contributed by atoms with Gasteiger partial charge in [0.1, 0.15) is 19.8 Å². The third-order valence-electron chi connectivity index (χ3n) is 13.0. The number of rotatable bonds is 54. The molecule has 10 heteroatoms. The van der Waals surface area contributed by atoms with E-state index >= 15 is 0 Å². The number of likely N-dealkylation sites (N-methyl/N-ethyl adjacent to an activating group) is 1. The smallest absolute Gasteiger partial charge is 0.306 e. The number of phosphoric ester groups is 1. The van der Waals surface area contributed by atoms with Gasteiger partial charge in [0, 0.05) is 12.8 Å². The molecule has 9 nitrogen and oxygen atoms in total. The molecular weight excluding hydrogens is 870 g/mol. The van der Waals surface area contributed by atoms with Crippen LogP contribution in [0.25, 0.3) is 0 Å². The summed E-state index contributed by atoms with van der Waals surface area (Å²) in [7, 11) is 1.17. The Hall–Kier alpha value is -1.51. The van der Waals surface area contributed by atoms with Crippen molar-refractivity contribution in [3.05, 3.63) is 24.3 Å². The second kappa shape index (κ2) is 50.4. The van der Waals surface area contributed by atoms with Crippen LogP contribution in [-0.4, -0.2) is 70.0 Å². The molecule has 0 rings (SSSR count). The Balaban J connectivity index is 3.96. The SMILES string of the molecule is CCC/C=C\C/C=C\CCCCCCCC(=O)OC(COC(=O)CCCCCCCCCCCCCCCCCCCCCCCCCCCCCCCCC)COP(=O)([O-])OCC[N+](C)(C)C. The number of carbonyl (C=O) groups excluding carboxylic acids is 2. The highest BCUT2D eigenvalue weighted by Gasteiger charge is 2.22. The Morgan fingerprint density at radius 1 is 0.456 bits per heavy atom. The lowest BCUT2D eigenvalue weighted by molar-refractivity contribution is -0.870.